The Morgan fingerprint density at radius 3 is 2.00 bits per heavy atom. The Labute approximate surface area is 185 Å². The first-order valence-corrected chi connectivity index (χ1v) is 9.89. The van der Waals surface area contributed by atoms with Crippen LogP contribution in [0.15, 0.2) is 78.5 Å². The van der Waals surface area contributed by atoms with E-state index in [9.17, 15) is 9.59 Å². The molecule has 0 saturated heterocycles. The SMILES string of the molecule is COc1ccc(C2=C(Nc3ccc(OC)cc3OC)C(=O)N(c3ccccc3)C2=O)cc1. The second-order valence-corrected chi connectivity index (χ2v) is 6.95. The van der Waals surface area contributed by atoms with E-state index in [0.717, 1.165) is 4.90 Å². The third kappa shape index (κ3) is 3.76. The van der Waals surface area contributed by atoms with E-state index >= 15 is 0 Å². The standard InChI is InChI=1S/C25H22N2O5/c1-30-18-11-9-16(10-12-18)22-23(26-20-14-13-19(31-2)15-21(20)32-3)25(29)27(24(22)28)17-7-5-4-6-8-17/h4-15,26H,1-3H3. The number of methoxy groups -OCH3 is 3. The molecule has 0 radical (unpaired) electrons. The van der Waals surface area contributed by atoms with Crippen LogP contribution < -0.4 is 24.4 Å². The molecule has 0 saturated carbocycles. The Kier molecular flexibility index (Phi) is 5.81. The van der Waals surface area contributed by atoms with Crippen LogP contribution in [0.25, 0.3) is 5.57 Å². The second kappa shape index (κ2) is 8.85. The number of carbonyl (C=O) groups is 2. The van der Waals surface area contributed by atoms with Crippen molar-refractivity contribution in [2.75, 3.05) is 31.5 Å². The van der Waals surface area contributed by atoms with Crippen LogP contribution in [0.2, 0.25) is 0 Å². The predicted molar refractivity (Wildman–Crippen MR) is 122 cm³/mol. The molecule has 0 bridgehead atoms. The molecule has 0 atom stereocenters. The summed E-state index contributed by atoms with van der Waals surface area (Å²) < 4.78 is 15.9. The lowest BCUT2D eigenvalue weighted by Gasteiger charge is -2.16. The molecule has 1 heterocycles. The molecule has 0 aliphatic carbocycles. The van der Waals surface area contributed by atoms with Crippen molar-refractivity contribution in [2.24, 2.45) is 0 Å². The van der Waals surface area contributed by atoms with Crippen molar-refractivity contribution in [3.8, 4) is 17.2 Å². The number of amides is 2. The maximum Gasteiger partial charge on any atom is 0.282 e. The molecule has 4 rings (SSSR count). The molecule has 0 spiro atoms. The molecule has 7 nitrogen and oxygen atoms in total. The number of ether oxygens (including phenoxy) is 3. The summed E-state index contributed by atoms with van der Waals surface area (Å²) in [5, 5.41) is 3.12. The molecule has 0 fully saturated rings. The Hall–Kier alpha value is -4.26. The van der Waals surface area contributed by atoms with Crippen LogP contribution in [0.1, 0.15) is 5.56 Å². The fourth-order valence-electron chi connectivity index (χ4n) is 3.52. The van der Waals surface area contributed by atoms with Gasteiger partial charge in [-0.15, -0.1) is 0 Å². The highest BCUT2D eigenvalue weighted by atomic mass is 16.5. The molecule has 32 heavy (non-hydrogen) atoms. The van der Waals surface area contributed by atoms with Crippen LogP contribution in [0.4, 0.5) is 11.4 Å². The van der Waals surface area contributed by atoms with E-state index in [1.807, 2.05) is 6.07 Å². The molecular formula is C25H22N2O5. The number of rotatable bonds is 7. The highest BCUT2D eigenvalue weighted by Gasteiger charge is 2.40. The number of nitrogens with zero attached hydrogens (tertiary/aromatic N) is 1. The molecule has 7 heteroatoms. The van der Waals surface area contributed by atoms with E-state index in [2.05, 4.69) is 5.32 Å². The van der Waals surface area contributed by atoms with E-state index < -0.39 is 11.8 Å². The summed E-state index contributed by atoms with van der Waals surface area (Å²) >= 11 is 0. The molecule has 2 amide bonds. The van der Waals surface area contributed by atoms with Crippen LogP contribution in [-0.2, 0) is 9.59 Å². The lowest BCUT2D eigenvalue weighted by Crippen LogP contribution is -2.32. The molecule has 162 valence electrons. The first-order chi connectivity index (χ1) is 15.6. The minimum atomic E-state index is -0.454. The van der Waals surface area contributed by atoms with E-state index in [0.29, 0.717) is 34.2 Å². The molecule has 0 unspecified atom stereocenters. The summed E-state index contributed by atoms with van der Waals surface area (Å²) in [6.45, 7) is 0. The first-order valence-electron chi connectivity index (χ1n) is 9.89. The van der Waals surface area contributed by atoms with E-state index in [4.69, 9.17) is 14.2 Å². The number of carbonyl (C=O) groups excluding carboxylic acids is 2. The lowest BCUT2D eigenvalue weighted by atomic mass is 10.0. The van der Waals surface area contributed by atoms with Gasteiger partial charge in [-0.2, -0.15) is 0 Å². The monoisotopic (exact) mass is 430 g/mol. The van der Waals surface area contributed by atoms with Gasteiger partial charge in [-0.1, -0.05) is 30.3 Å². The molecule has 1 N–H and O–H groups in total. The van der Waals surface area contributed by atoms with Crippen molar-refractivity contribution in [3.05, 3.63) is 84.1 Å². The Bertz CT molecular complexity index is 1190. The van der Waals surface area contributed by atoms with Crippen LogP contribution in [-0.4, -0.2) is 33.1 Å². The van der Waals surface area contributed by atoms with Crippen LogP contribution in [0.5, 0.6) is 17.2 Å². The highest BCUT2D eigenvalue weighted by Crippen LogP contribution is 2.37. The minimum absolute atomic E-state index is 0.160. The van der Waals surface area contributed by atoms with Crippen molar-refractivity contribution in [1.82, 2.24) is 0 Å². The topological polar surface area (TPSA) is 77.1 Å². The van der Waals surface area contributed by atoms with Gasteiger partial charge in [0, 0.05) is 6.07 Å². The quantitative estimate of drug-likeness (QED) is 0.569. The normalized spacial score (nSPS) is 13.4. The zero-order chi connectivity index (χ0) is 22.7. The Balaban J connectivity index is 1.82. The fourth-order valence-corrected chi connectivity index (χ4v) is 3.52. The van der Waals surface area contributed by atoms with Gasteiger partial charge in [-0.25, -0.2) is 4.90 Å². The Morgan fingerprint density at radius 2 is 1.38 bits per heavy atom. The summed E-state index contributed by atoms with van der Waals surface area (Å²) in [6.07, 6.45) is 0. The summed E-state index contributed by atoms with van der Waals surface area (Å²) in [5.41, 5.74) is 2.04. The zero-order valence-electron chi connectivity index (χ0n) is 17.9. The maximum atomic E-state index is 13.5. The van der Waals surface area contributed by atoms with Gasteiger partial charge in [-0.3, -0.25) is 9.59 Å². The van der Waals surface area contributed by atoms with Gasteiger partial charge in [0.1, 0.15) is 22.9 Å². The summed E-state index contributed by atoms with van der Waals surface area (Å²) in [6, 6.07) is 21.0. The van der Waals surface area contributed by atoms with Crippen molar-refractivity contribution in [2.45, 2.75) is 0 Å². The predicted octanol–water partition coefficient (Wildman–Crippen LogP) is 4.11. The molecule has 1 aliphatic rings. The highest BCUT2D eigenvalue weighted by molar-refractivity contribution is 6.46. The second-order valence-electron chi connectivity index (χ2n) is 6.95. The van der Waals surface area contributed by atoms with Crippen LogP contribution in [0, 0.1) is 0 Å². The molecule has 0 aromatic heterocycles. The third-order valence-corrected chi connectivity index (χ3v) is 5.15. The van der Waals surface area contributed by atoms with Gasteiger partial charge in [0.25, 0.3) is 11.8 Å². The lowest BCUT2D eigenvalue weighted by molar-refractivity contribution is -0.120. The minimum Gasteiger partial charge on any atom is -0.497 e. The summed E-state index contributed by atoms with van der Waals surface area (Å²) in [4.78, 5) is 28.1. The number of para-hydroxylation sites is 1. The van der Waals surface area contributed by atoms with E-state index in [1.54, 1.807) is 80.9 Å². The van der Waals surface area contributed by atoms with Gasteiger partial charge >= 0.3 is 0 Å². The number of nitrogens with one attached hydrogen (secondary N) is 1. The van der Waals surface area contributed by atoms with E-state index in [1.165, 1.54) is 7.11 Å². The largest absolute Gasteiger partial charge is 0.497 e. The van der Waals surface area contributed by atoms with E-state index in [-0.39, 0.29) is 11.3 Å². The fraction of sp³-hybridized carbons (Fsp3) is 0.120. The van der Waals surface area contributed by atoms with Crippen LogP contribution >= 0.6 is 0 Å². The van der Waals surface area contributed by atoms with Crippen molar-refractivity contribution in [1.29, 1.82) is 0 Å². The van der Waals surface area contributed by atoms with Gasteiger partial charge in [0.05, 0.1) is 38.3 Å². The van der Waals surface area contributed by atoms with Crippen LogP contribution in [0.3, 0.4) is 0 Å². The number of imide groups is 1. The smallest absolute Gasteiger partial charge is 0.282 e. The van der Waals surface area contributed by atoms with Crippen molar-refractivity contribution >= 4 is 28.8 Å². The zero-order valence-corrected chi connectivity index (χ0v) is 17.9. The molecule has 3 aromatic carbocycles. The Morgan fingerprint density at radius 1 is 0.719 bits per heavy atom. The molecule has 1 aliphatic heterocycles. The number of hydrogen-bond donors (Lipinski definition) is 1. The van der Waals surface area contributed by atoms with Crippen molar-refractivity contribution < 1.29 is 23.8 Å². The van der Waals surface area contributed by atoms with Crippen molar-refractivity contribution in [3.63, 3.8) is 0 Å². The number of hydrogen-bond acceptors (Lipinski definition) is 6. The molecule has 3 aromatic rings. The summed E-state index contributed by atoms with van der Waals surface area (Å²) in [7, 11) is 4.65. The number of benzene rings is 3. The maximum absolute atomic E-state index is 13.5. The van der Waals surface area contributed by atoms with Gasteiger partial charge < -0.3 is 19.5 Å². The first kappa shape index (κ1) is 21.0. The third-order valence-electron chi connectivity index (χ3n) is 5.15. The van der Waals surface area contributed by atoms with Gasteiger partial charge in [0.15, 0.2) is 0 Å². The summed E-state index contributed by atoms with van der Waals surface area (Å²) in [5.74, 6) is 0.865. The van der Waals surface area contributed by atoms with Gasteiger partial charge in [0.2, 0.25) is 0 Å². The average Bonchev–Trinajstić information content (AvgIpc) is 3.09. The average molecular weight is 430 g/mol. The number of anilines is 2. The van der Waals surface area contributed by atoms with Gasteiger partial charge in [-0.05, 0) is 42.0 Å². The molecular weight excluding hydrogens is 408 g/mol.